The van der Waals surface area contributed by atoms with Gasteiger partial charge < -0.3 is 4.74 Å². The Morgan fingerprint density at radius 1 is 0.633 bits per heavy atom. The molecule has 0 saturated heterocycles. The number of fused-ring (bicyclic) bond motifs is 2. The predicted octanol–water partition coefficient (Wildman–Crippen LogP) is 7.32. The molecule has 0 unspecified atom stereocenters. The second-order valence-electron chi connectivity index (χ2n) is 7.29. The number of terminal acetylenes is 1. The van der Waals surface area contributed by atoms with E-state index < -0.39 is 0 Å². The molecule has 0 atom stereocenters. The predicted molar refractivity (Wildman–Crippen MR) is 127 cm³/mol. The van der Waals surface area contributed by atoms with E-state index in [0.717, 1.165) is 28.0 Å². The molecule has 0 spiro atoms. The van der Waals surface area contributed by atoms with Gasteiger partial charge in [-0.25, -0.2) is 0 Å². The van der Waals surface area contributed by atoms with Crippen LogP contribution in [0.5, 0.6) is 5.75 Å². The molecule has 1 nitrogen and oxygen atoms in total. The molecule has 0 fully saturated rings. The van der Waals surface area contributed by atoms with Gasteiger partial charge >= 0.3 is 0 Å². The van der Waals surface area contributed by atoms with Gasteiger partial charge in [-0.1, -0.05) is 84.8 Å². The van der Waals surface area contributed by atoms with Crippen LogP contribution in [0.3, 0.4) is 0 Å². The number of hydrogen-bond acceptors (Lipinski definition) is 1. The van der Waals surface area contributed by atoms with Crippen molar-refractivity contribution in [3.05, 3.63) is 103 Å². The SMILES string of the molecule is C#Cc1ccc(OC)cc1-c1c(-c2cccc3ccccc23)ccc2ccccc12. The molecule has 0 N–H and O–H groups in total. The van der Waals surface area contributed by atoms with Gasteiger partial charge in [0, 0.05) is 11.1 Å². The Morgan fingerprint density at radius 3 is 2.10 bits per heavy atom. The molecule has 0 heterocycles. The number of benzene rings is 5. The number of methoxy groups -OCH3 is 1. The van der Waals surface area contributed by atoms with Crippen molar-refractivity contribution in [2.75, 3.05) is 7.11 Å². The van der Waals surface area contributed by atoms with Gasteiger partial charge in [0.15, 0.2) is 0 Å². The number of ether oxygens (including phenoxy) is 1. The molecule has 0 aliphatic rings. The van der Waals surface area contributed by atoms with Gasteiger partial charge in [0.2, 0.25) is 0 Å². The van der Waals surface area contributed by atoms with E-state index in [1.807, 2.05) is 18.2 Å². The maximum Gasteiger partial charge on any atom is 0.119 e. The highest BCUT2D eigenvalue weighted by molar-refractivity contribution is 6.09. The minimum absolute atomic E-state index is 0.792. The van der Waals surface area contributed by atoms with Crippen molar-refractivity contribution in [2.24, 2.45) is 0 Å². The van der Waals surface area contributed by atoms with Crippen LogP contribution in [0.15, 0.2) is 97.1 Å². The van der Waals surface area contributed by atoms with Crippen molar-refractivity contribution < 1.29 is 4.74 Å². The van der Waals surface area contributed by atoms with Crippen LogP contribution in [0.2, 0.25) is 0 Å². The van der Waals surface area contributed by atoms with E-state index >= 15 is 0 Å². The van der Waals surface area contributed by atoms with Gasteiger partial charge in [0.1, 0.15) is 5.75 Å². The van der Waals surface area contributed by atoms with Gasteiger partial charge in [-0.2, -0.15) is 0 Å². The molecule has 0 aliphatic heterocycles. The van der Waals surface area contributed by atoms with E-state index in [1.54, 1.807) is 7.11 Å². The quantitative estimate of drug-likeness (QED) is 0.296. The average Bonchev–Trinajstić information content (AvgIpc) is 2.82. The lowest BCUT2D eigenvalue weighted by atomic mass is 9.86. The van der Waals surface area contributed by atoms with Crippen molar-refractivity contribution in [2.45, 2.75) is 0 Å². The minimum Gasteiger partial charge on any atom is -0.497 e. The Kier molecular flexibility index (Phi) is 4.46. The Balaban J connectivity index is 1.94. The maximum atomic E-state index is 5.91. The molecule has 0 bridgehead atoms. The molecule has 0 radical (unpaired) electrons. The third kappa shape index (κ3) is 2.91. The van der Waals surface area contributed by atoms with Gasteiger partial charge in [-0.3, -0.25) is 0 Å². The normalized spacial score (nSPS) is 10.8. The molecule has 1 heteroatoms. The summed E-state index contributed by atoms with van der Waals surface area (Å²) in [6.07, 6.45) is 5.91. The van der Waals surface area contributed by atoms with Crippen LogP contribution in [-0.2, 0) is 0 Å². The molecule has 0 saturated carbocycles. The lowest BCUT2D eigenvalue weighted by molar-refractivity contribution is 0.415. The summed E-state index contributed by atoms with van der Waals surface area (Å²) in [5.74, 6) is 3.66. The molecule has 0 aliphatic carbocycles. The molecule has 0 amide bonds. The van der Waals surface area contributed by atoms with Gasteiger partial charge in [-0.05, 0) is 56.4 Å². The summed E-state index contributed by atoms with van der Waals surface area (Å²) in [6, 6.07) is 33.7. The molecule has 5 aromatic rings. The molecule has 5 rings (SSSR count). The van der Waals surface area contributed by atoms with Gasteiger partial charge in [0.05, 0.1) is 7.11 Å². The zero-order valence-electron chi connectivity index (χ0n) is 16.7. The van der Waals surface area contributed by atoms with Crippen LogP contribution < -0.4 is 4.74 Å². The highest BCUT2D eigenvalue weighted by Gasteiger charge is 2.16. The number of hydrogen-bond donors (Lipinski definition) is 0. The van der Waals surface area contributed by atoms with Crippen molar-refractivity contribution in [1.82, 2.24) is 0 Å². The van der Waals surface area contributed by atoms with Crippen molar-refractivity contribution in [3.8, 4) is 40.3 Å². The fourth-order valence-corrected chi connectivity index (χ4v) is 4.23. The van der Waals surface area contributed by atoms with E-state index in [2.05, 4.69) is 84.8 Å². The van der Waals surface area contributed by atoms with Crippen molar-refractivity contribution >= 4 is 21.5 Å². The van der Waals surface area contributed by atoms with Gasteiger partial charge in [-0.15, -0.1) is 6.42 Å². The largest absolute Gasteiger partial charge is 0.497 e. The minimum atomic E-state index is 0.792. The van der Waals surface area contributed by atoms with E-state index in [0.29, 0.717) is 0 Å². The molecule has 142 valence electrons. The summed E-state index contributed by atoms with van der Waals surface area (Å²) in [4.78, 5) is 0. The van der Waals surface area contributed by atoms with E-state index in [4.69, 9.17) is 11.2 Å². The Bertz CT molecular complexity index is 1430. The third-order valence-corrected chi connectivity index (χ3v) is 5.66. The van der Waals surface area contributed by atoms with E-state index in [9.17, 15) is 0 Å². The zero-order chi connectivity index (χ0) is 20.5. The summed E-state index contributed by atoms with van der Waals surface area (Å²) in [6.45, 7) is 0. The average molecular weight is 384 g/mol. The Hall–Kier alpha value is -4.02. The van der Waals surface area contributed by atoms with Crippen LogP contribution in [0.4, 0.5) is 0 Å². The summed E-state index contributed by atoms with van der Waals surface area (Å²) in [5.41, 5.74) is 5.36. The number of rotatable bonds is 3. The summed E-state index contributed by atoms with van der Waals surface area (Å²) in [5, 5.41) is 4.80. The topological polar surface area (TPSA) is 9.23 Å². The Morgan fingerprint density at radius 2 is 1.33 bits per heavy atom. The smallest absolute Gasteiger partial charge is 0.119 e. The van der Waals surface area contributed by atoms with E-state index in [-0.39, 0.29) is 0 Å². The highest BCUT2D eigenvalue weighted by atomic mass is 16.5. The maximum absolute atomic E-state index is 5.91. The second kappa shape index (κ2) is 7.43. The Labute approximate surface area is 176 Å². The first-order valence-electron chi connectivity index (χ1n) is 9.95. The molecular weight excluding hydrogens is 364 g/mol. The third-order valence-electron chi connectivity index (χ3n) is 5.66. The lowest BCUT2D eigenvalue weighted by Crippen LogP contribution is -1.93. The first-order valence-corrected chi connectivity index (χ1v) is 9.95. The molecule has 0 aromatic heterocycles. The molecule has 5 aromatic carbocycles. The first-order chi connectivity index (χ1) is 14.8. The summed E-state index contributed by atoms with van der Waals surface area (Å²) < 4.78 is 5.54. The summed E-state index contributed by atoms with van der Waals surface area (Å²) >= 11 is 0. The van der Waals surface area contributed by atoms with Gasteiger partial charge in [0.25, 0.3) is 0 Å². The van der Waals surface area contributed by atoms with Crippen molar-refractivity contribution in [3.63, 3.8) is 0 Å². The van der Waals surface area contributed by atoms with Crippen LogP contribution in [0.25, 0.3) is 43.8 Å². The lowest BCUT2D eigenvalue weighted by Gasteiger charge is -2.17. The van der Waals surface area contributed by atoms with Crippen LogP contribution in [-0.4, -0.2) is 7.11 Å². The first kappa shape index (κ1) is 18.0. The monoisotopic (exact) mass is 384 g/mol. The fourth-order valence-electron chi connectivity index (χ4n) is 4.23. The fraction of sp³-hybridized carbons (Fsp3) is 0.0345. The zero-order valence-corrected chi connectivity index (χ0v) is 16.7. The highest BCUT2D eigenvalue weighted by Crippen LogP contribution is 2.42. The second-order valence-corrected chi connectivity index (χ2v) is 7.29. The van der Waals surface area contributed by atoms with Crippen LogP contribution in [0.1, 0.15) is 5.56 Å². The molecule has 30 heavy (non-hydrogen) atoms. The summed E-state index contributed by atoms with van der Waals surface area (Å²) in [7, 11) is 1.68. The van der Waals surface area contributed by atoms with Crippen LogP contribution >= 0.6 is 0 Å². The standard InChI is InChI=1S/C29H20O/c1-3-20-15-17-23(30-2)19-28(20)29-25-13-7-5-10-22(25)16-18-27(29)26-14-8-11-21-9-4-6-12-24(21)26/h1,4-19H,2H3. The van der Waals surface area contributed by atoms with Crippen molar-refractivity contribution in [1.29, 1.82) is 0 Å². The van der Waals surface area contributed by atoms with E-state index in [1.165, 1.54) is 27.1 Å². The molecular formula is C29H20O. The van der Waals surface area contributed by atoms with Crippen LogP contribution in [0, 0.1) is 12.3 Å².